The van der Waals surface area contributed by atoms with E-state index in [4.69, 9.17) is 5.11 Å². The number of aliphatic hydroxyl groups excluding tert-OH is 1. The number of nitrogens with zero attached hydrogens (tertiary/aromatic N) is 2. The maximum Gasteiger partial charge on any atom is 0.0537 e. The Kier molecular flexibility index (Phi) is 4.10. The molecule has 80 valence electrons. The number of hydrogen-bond acceptors (Lipinski definition) is 3. The van der Waals surface area contributed by atoms with Crippen molar-refractivity contribution in [1.29, 1.82) is 0 Å². The third kappa shape index (κ3) is 2.82. The minimum Gasteiger partial charge on any atom is -0.396 e. The zero-order chi connectivity index (χ0) is 10.6. The highest BCUT2D eigenvalue weighted by Crippen LogP contribution is 2.05. The van der Waals surface area contributed by atoms with E-state index in [2.05, 4.69) is 24.3 Å². The molecule has 1 unspecified atom stereocenters. The van der Waals surface area contributed by atoms with Crippen LogP contribution < -0.4 is 5.32 Å². The number of hydrogen-bond donors (Lipinski definition) is 2. The molecule has 1 atom stereocenters. The topological polar surface area (TPSA) is 50.1 Å². The molecule has 0 radical (unpaired) electrons. The van der Waals surface area contributed by atoms with Crippen molar-refractivity contribution in [2.45, 2.75) is 32.9 Å². The average Bonchev–Trinajstić information content (AvgIpc) is 2.46. The lowest BCUT2D eigenvalue weighted by Crippen LogP contribution is -2.26. The van der Waals surface area contributed by atoms with Gasteiger partial charge in [0.2, 0.25) is 0 Å². The quantitative estimate of drug-likeness (QED) is 0.726. The highest BCUT2D eigenvalue weighted by atomic mass is 16.3. The summed E-state index contributed by atoms with van der Waals surface area (Å²) in [4.78, 5) is 0. The minimum atomic E-state index is 0.236. The predicted octanol–water partition coefficient (Wildman–Crippen LogP) is 0.589. The molecule has 1 aromatic rings. The van der Waals surface area contributed by atoms with Gasteiger partial charge in [0, 0.05) is 37.5 Å². The number of aryl methyl sites for hydroxylation is 1. The number of rotatable bonds is 5. The summed E-state index contributed by atoms with van der Waals surface area (Å²) in [5.74, 6) is 0. The number of aliphatic hydroxyl groups is 1. The van der Waals surface area contributed by atoms with E-state index >= 15 is 0 Å². The average molecular weight is 197 g/mol. The van der Waals surface area contributed by atoms with Crippen molar-refractivity contribution in [2.75, 3.05) is 6.61 Å². The van der Waals surface area contributed by atoms with Gasteiger partial charge in [-0.1, -0.05) is 0 Å². The molecule has 4 heteroatoms. The van der Waals surface area contributed by atoms with Crippen molar-refractivity contribution in [3.8, 4) is 0 Å². The molecule has 1 rings (SSSR count). The molecule has 4 nitrogen and oxygen atoms in total. The molecule has 0 fully saturated rings. The summed E-state index contributed by atoms with van der Waals surface area (Å²) in [5.41, 5.74) is 2.41. The van der Waals surface area contributed by atoms with E-state index < -0.39 is 0 Å². The van der Waals surface area contributed by atoms with Crippen LogP contribution >= 0.6 is 0 Å². The van der Waals surface area contributed by atoms with Gasteiger partial charge in [0.1, 0.15) is 0 Å². The Balaban J connectivity index is 2.41. The standard InChI is InChI=1S/C10H19N3O/c1-8(4-5-14)11-6-10-7-12-13(3)9(10)2/h7-8,11,14H,4-6H2,1-3H3. The Hall–Kier alpha value is -0.870. The van der Waals surface area contributed by atoms with Crippen LogP contribution in [0.15, 0.2) is 6.20 Å². The second-order valence-corrected chi connectivity index (χ2v) is 3.67. The number of nitrogens with one attached hydrogen (secondary N) is 1. The van der Waals surface area contributed by atoms with Gasteiger partial charge in [0.25, 0.3) is 0 Å². The van der Waals surface area contributed by atoms with Crippen molar-refractivity contribution in [1.82, 2.24) is 15.1 Å². The Morgan fingerprint density at radius 1 is 1.64 bits per heavy atom. The molecule has 0 spiro atoms. The van der Waals surface area contributed by atoms with Crippen LogP contribution in [0, 0.1) is 6.92 Å². The lowest BCUT2D eigenvalue weighted by molar-refractivity contribution is 0.268. The Morgan fingerprint density at radius 2 is 2.36 bits per heavy atom. The van der Waals surface area contributed by atoms with Crippen molar-refractivity contribution in [3.05, 3.63) is 17.5 Å². The van der Waals surface area contributed by atoms with Crippen molar-refractivity contribution in [3.63, 3.8) is 0 Å². The van der Waals surface area contributed by atoms with Crippen LogP contribution in [0.3, 0.4) is 0 Å². The molecule has 0 aromatic carbocycles. The molecule has 0 aliphatic heterocycles. The van der Waals surface area contributed by atoms with Gasteiger partial charge in [0.15, 0.2) is 0 Å². The summed E-state index contributed by atoms with van der Waals surface area (Å²) in [5, 5.41) is 16.2. The van der Waals surface area contributed by atoms with Gasteiger partial charge < -0.3 is 10.4 Å². The van der Waals surface area contributed by atoms with E-state index in [9.17, 15) is 0 Å². The maximum absolute atomic E-state index is 8.74. The lowest BCUT2D eigenvalue weighted by atomic mass is 10.2. The molecule has 0 aliphatic carbocycles. The Labute approximate surface area is 84.9 Å². The normalized spacial score (nSPS) is 13.1. The van der Waals surface area contributed by atoms with Crippen molar-refractivity contribution in [2.24, 2.45) is 7.05 Å². The fraction of sp³-hybridized carbons (Fsp3) is 0.700. The van der Waals surface area contributed by atoms with Gasteiger partial charge in [-0.3, -0.25) is 4.68 Å². The van der Waals surface area contributed by atoms with Gasteiger partial charge in [-0.05, 0) is 20.3 Å². The van der Waals surface area contributed by atoms with Gasteiger partial charge in [0.05, 0.1) is 6.20 Å². The van der Waals surface area contributed by atoms with Crippen LogP contribution in [0.2, 0.25) is 0 Å². The first-order valence-electron chi connectivity index (χ1n) is 4.97. The van der Waals surface area contributed by atoms with Crippen LogP contribution in [0.5, 0.6) is 0 Å². The molecule has 0 amide bonds. The van der Waals surface area contributed by atoms with Crippen molar-refractivity contribution >= 4 is 0 Å². The summed E-state index contributed by atoms with van der Waals surface area (Å²) in [6, 6.07) is 0.347. The van der Waals surface area contributed by atoms with Gasteiger partial charge in [-0.2, -0.15) is 5.10 Å². The second-order valence-electron chi connectivity index (χ2n) is 3.67. The largest absolute Gasteiger partial charge is 0.396 e. The fourth-order valence-corrected chi connectivity index (χ4v) is 1.30. The van der Waals surface area contributed by atoms with E-state index in [-0.39, 0.29) is 6.61 Å². The first-order chi connectivity index (χ1) is 6.65. The van der Waals surface area contributed by atoms with E-state index in [0.29, 0.717) is 6.04 Å². The van der Waals surface area contributed by atoms with Gasteiger partial charge >= 0.3 is 0 Å². The molecule has 0 bridgehead atoms. The molecule has 1 aromatic heterocycles. The maximum atomic E-state index is 8.74. The van der Waals surface area contributed by atoms with E-state index in [1.54, 1.807) is 0 Å². The van der Waals surface area contributed by atoms with E-state index in [1.165, 1.54) is 11.3 Å². The minimum absolute atomic E-state index is 0.236. The first-order valence-corrected chi connectivity index (χ1v) is 4.97. The summed E-state index contributed by atoms with van der Waals surface area (Å²) < 4.78 is 1.87. The van der Waals surface area contributed by atoms with Crippen LogP contribution in [0.25, 0.3) is 0 Å². The molecule has 0 aliphatic rings. The SMILES string of the molecule is Cc1c(CNC(C)CCO)cnn1C. The highest BCUT2D eigenvalue weighted by molar-refractivity contribution is 5.15. The zero-order valence-corrected chi connectivity index (χ0v) is 9.12. The highest BCUT2D eigenvalue weighted by Gasteiger charge is 2.05. The third-order valence-corrected chi connectivity index (χ3v) is 2.54. The number of aromatic nitrogens is 2. The zero-order valence-electron chi connectivity index (χ0n) is 9.12. The van der Waals surface area contributed by atoms with Crippen molar-refractivity contribution < 1.29 is 5.11 Å². The second kappa shape index (κ2) is 5.12. The van der Waals surface area contributed by atoms with Crippen LogP contribution in [0.4, 0.5) is 0 Å². The lowest BCUT2D eigenvalue weighted by Gasteiger charge is -2.11. The van der Waals surface area contributed by atoms with E-state index in [1.807, 2.05) is 17.9 Å². The molecular weight excluding hydrogens is 178 g/mol. The summed E-state index contributed by atoms with van der Waals surface area (Å²) in [6.07, 6.45) is 2.67. The Morgan fingerprint density at radius 3 is 2.86 bits per heavy atom. The molecule has 0 saturated carbocycles. The predicted molar refractivity (Wildman–Crippen MR) is 55.9 cm³/mol. The summed E-state index contributed by atoms with van der Waals surface area (Å²) in [6.45, 7) is 5.18. The van der Waals surface area contributed by atoms with Crippen LogP contribution in [-0.2, 0) is 13.6 Å². The van der Waals surface area contributed by atoms with Gasteiger partial charge in [-0.15, -0.1) is 0 Å². The fourth-order valence-electron chi connectivity index (χ4n) is 1.30. The molecule has 0 saturated heterocycles. The Bertz CT molecular complexity index is 283. The van der Waals surface area contributed by atoms with Gasteiger partial charge in [-0.25, -0.2) is 0 Å². The molecule has 14 heavy (non-hydrogen) atoms. The third-order valence-electron chi connectivity index (χ3n) is 2.54. The van der Waals surface area contributed by atoms with E-state index in [0.717, 1.165) is 13.0 Å². The molecule has 2 N–H and O–H groups in total. The monoisotopic (exact) mass is 197 g/mol. The summed E-state index contributed by atoms with van der Waals surface area (Å²) in [7, 11) is 1.94. The smallest absolute Gasteiger partial charge is 0.0537 e. The molecule has 1 heterocycles. The van der Waals surface area contributed by atoms with Crippen LogP contribution in [-0.4, -0.2) is 27.5 Å². The van der Waals surface area contributed by atoms with Crippen LogP contribution in [0.1, 0.15) is 24.6 Å². The first kappa shape index (κ1) is 11.2. The molecular formula is C10H19N3O. The summed E-state index contributed by atoms with van der Waals surface area (Å²) >= 11 is 0.